The van der Waals surface area contributed by atoms with Crippen LogP contribution in [0, 0.1) is 11.3 Å². The summed E-state index contributed by atoms with van der Waals surface area (Å²) < 4.78 is 4.90. The van der Waals surface area contributed by atoms with Crippen molar-refractivity contribution in [3.63, 3.8) is 0 Å². The van der Waals surface area contributed by atoms with E-state index in [4.69, 9.17) is 10.00 Å². The molecule has 4 nitrogen and oxygen atoms in total. The maximum Gasteiger partial charge on any atom is 0.236 e. The lowest BCUT2D eigenvalue weighted by Gasteiger charge is -2.06. The molecule has 0 aromatic carbocycles. The average Bonchev–Trinajstić information content (AvgIpc) is 2.31. The fraction of sp³-hybridized carbons (Fsp3) is 0.714. The van der Waals surface area contributed by atoms with Crippen LogP contribution in [0.4, 0.5) is 0 Å². The molecule has 0 bridgehead atoms. The topological polar surface area (TPSA) is 70.3 Å². The standard InChI is InChI=1S/C7H9NO3/c1-2-5-6(9)7(10,3-8)4-11-5/h5,10H,2,4H2,1H3. The van der Waals surface area contributed by atoms with Crippen LogP contribution in [0.3, 0.4) is 0 Å². The van der Waals surface area contributed by atoms with Crippen LogP contribution in [0.15, 0.2) is 0 Å². The highest BCUT2D eigenvalue weighted by Gasteiger charge is 2.47. The summed E-state index contributed by atoms with van der Waals surface area (Å²) in [4.78, 5) is 11.1. The van der Waals surface area contributed by atoms with Gasteiger partial charge in [0.15, 0.2) is 0 Å². The lowest BCUT2D eigenvalue weighted by molar-refractivity contribution is -0.130. The fourth-order valence-corrected chi connectivity index (χ4v) is 1.02. The number of nitrogens with zero attached hydrogens (tertiary/aromatic N) is 1. The highest BCUT2D eigenvalue weighted by atomic mass is 16.5. The van der Waals surface area contributed by atoms with E-state index in [1.54, 1.807) is 6.92 Å². The Kier molecular flexibility index (Phi) is 1.94. The molecular formula is C7H9NO3. The molecule has 1 heterocycles. The van der Waals surface area contributed by atoms with Gasteiger partial charge in [-0.2, -0.15) is 5.26 Å². The largest absolute Gasteiger partial charge is 0.367 e. The molecule has 0 radical (unpaired) electrons. The maximum absolute atomic E-state index is 11.1. The van der Waals surface area contributed by atoms with Crippen LogP contribution in [0.5, 0.6) is 0 Å². The van der Waals surface area contributed by atoms with Gasteiger partial charge in [0.2, 0.25) is 11.4 Å². The summed E-state index contributed by atoms with van der Waals surface area (Å²) in [7, 11) is 0. The predicted molar refractivity (Wildman–Crippen MR) is 35.6 cm³/mol. The third-order valence-corrected chi connectivity index (χ3v) is 1.75. The molecule has 0 saturated carbocycles. The van der Waals surface area contributed by atoms with Gasteiger partial charge in [0.05, 0.1) is 6.61 Å². The first-order valence-electron chi connectivity index (χ1n) is 3.43. The number of carbonyl (C=O) groups is 1. The van der Waals surface area contributed by atoms with Crippen molar-refractivity contribution in [2.45, 2.75) is 25.0 Å². The number of ether oxygens (including phenoxy) is 1. The van der Waals surface area contributed by atoms with Crippen molar-refractivity contribution in [3.05, 3.63) is 0 Å². The molecule has 0 aromatic rings. The Balaban J connectivity index is 2.80. The number of hydrogen-bond acceptors (Lipinski definition) is 4. The molecule has 0 spiro atoms. The molecule has 1 fully saturated rings. The van der Waals surface area contributed by atoms with Gasteiger partial charge >= 0.3 is 0 Å². The average molecular weight is 155 g/mol. The SMILES string of the molecule is CCC1OCC(O)(C#N)C1=O. The van der Waals surface area contributed by atoms with Gasteiger partial charge in [0, 0.05) is 0 Å². The van der Waals surface area contributed by atoms with E-state index in [0.29, 0.717) is 6.42 Å². The van der Waals surface area contributed by atoms with Gasteiger partial charge in [0.1, 0.15) is 12.2 Å². The summed E-state index contributed by atoms with van der Waals surface area (Å²) >= 11 is 0. The zero-order valence-electron chi connectivity index (χ0n) is 6.20. The van der Waals surface area contributed by atoms with Gasteiger partial charge in [-0.05, 0) is 6.42 Å². The van der Waals surface area contributed by atoms with E-state index in [1.165, 1.54) is 6.07 Å². The molecule has 11 heavy (non-hydrogen) atoms. The third-order valence-electron chi connectivity index (χ3n) is 1.75. The molecule has 60 valence electrons. The highest BCUT2D eigenvalue weighted by molar-refractivity contribution is 5.95. The van der Waals surface area contributed by atoms with Crippen molar-refractivity contribution >= 4 is 5.78 Å². The number of hydrogen-bond donors (Lipinski definition) is 1. The lowest BCUT2D eigenvalue weighted by Crippen LogP contribution is -2.37. The van der Waals surface area contributed by atoms with Crippen molar-refractivity contribution < 1.29 is 14.6 Å². The molecule has 2 unspecified atom stereocenters. The van der Waals surface area contributed by atoms with Crippen LogP contribution in [-0.4, -0.2) is 29.2 Å². The van der Waals surface area contributed by atoms with Crippen LogP contribution in [0.2, 0.25) is 0 Å². The maximum atomic E-state index is 11.1. The first kappa shape index (κ1) is 8.18. The monoisotopic (exact) mass is 155 g/mol. The number of nitriles is 1. The Labute approximate surface area is 64.4 Å². The number of Topliss-reactive ketones (excluding diaryl/α,β-unsaturated/α-hetero) is 1. The zero-order valence-corrected chi connectivity index (χ0v) is 6.20. The third kappa shape index (κ3) is 1.13. The van der Waals surface area contributed by atoms with Crippen LogP contribution in [0.25, 0.3) is 0 Å². The molecule has 2 atom stereocenters. The van der Waals surface area contributed by atoms with E-state index in [2.05, 4.69) is 0 Å². The molecule has 0 aromatic heterocycles. The minimum absolute atomic E-state index is 0.194. The van der Waals surface area contributed by atoms with E-state index < -0.39 is 17.5 Å². The molecule has 0 amide bonds. The molecule has 4 heteroatoms. The van der Waals surface area contributed by atoms with E-state index in [9.17, 15) is 9.90 Å². The number of ketones is 1. The molecule has 1 saturated heterocycles. The van der Waals surface area contributed by atoms with Crippen molar-refractivity contribution in [3.8, 4) is 6.07 Å². The quantitative estimate of drug-likeness (QED) is 0.524. The second-order valence-electron chi connectivity index (χ2n) is 2.54. The molecule has 1 N–H and O–H groups in total. The second-order valence-corrected chi connectivity index (χ2v) is 2.54. The molecular weight excluding hydrogens is 146 g/mol. The van der Waals surface area contributed by atoms with E-state index in [1.807, 2.05) is 0 Å². The summed E-state index contributed by atoms with van der Waals surface area (Å²) in [6.45, 7) is 1.58. The summed E-state index contributed by atoms with van der Waals surface area (Å²) in [5, 5.41) is 17.6. The Hall–Kier alpha value is -0.920. The van der Waals surface area contributed by atoms with E-state index >= 15 is 0 Å². The van der Waals surface area contributed by atoms with E-state index in [-0.39, 0.29) is 6.61 Å². The van der Waals surface area contributed by atoms with Crippen LogP contribution in [-0.2, 0) is 9.53 Å². The first-order valence-corrected chi connectivity index (χ1v) is 3.43. The predicted octanol–water partition coefficient (Wildman–Crippen LogP) is -0.381. The van der Waals surface area contributed by atoms with Gasteiger partial charge in [-0.1, -0.05) is 6.92 Å². The van der Waals surface area contributed by atoms with Gasteiger partial charge in [-0.3, -0.25) is 4.79 Å². The normalized spacial score (nSPS) is 37.2. The van der Waals surface area contributed by atoms with Gasteiger partial charge in [-0.25, -0.2) is 0 Å². The minimum atomic E-state index is -1.89. The smallest absolute Gasteiger partial charge is 0.236 e. The van der Waals surface area contributed by atoms with Crippen LogP contribution >= 0.6 is 0 Å². The minimum Gasteiger partial charge on any atom is -0.367 e. The number of carbonyl (C=O) groups excluding carboxylic acids is 1. The summed E-state index contributed by atoms with van der Waals surface area (Å²) in [5.74, 6) is -0.512. The number of rotatable bonds is 1. The fourth-order valence-electron chi connectivity index (χ4n) is 1.02. The van der Waals surface area contributed by atoms with Gasteiger partial charge in [-0.15, -0.1) is 0 Å². The first-order chi connectivity index (χ1) is 5.14. The molecule has 1 aliphatic rings. The van der Waals surface area contributed by atoms with Crippen LogP contribution in [0.1, 0.15) is 13.3 Å². The molecule has 0 aliphatic carbocycles. The molecule has 1 rings (SSSR count). The van der Waals surface area contributed by atoms with Crippen LogP contribution < -0.4 is 0 Å². The summed E-state index contributed by atoms with van der Waals surface area (Å²) in [6.07, 6.45) is -0.0947. The zero-order chi connectivity index (χ0) is 8.48. The van der Waals surface area contributed by atoms with Crippen molar-refractivity contribution in [2.24, 2.45) is 0 Å². The van der Waals surface area contributed by atoms with Gasteiger partial charge < -0.3 is 9.84 Å². The lowest BCUT2D eigenvalue weighted by atomic mass is 10.00. The second kappa shape index (κ2) is 2.61. The molecule has 1 aliphatic heterocycles. The Morgan fingerprint density at radius 1 is 2.00 bits per heavy atom. The Morgan fingerprint density at radius 3 is 2.91 bits per heavy atom. The van der Waals surface area contributed by atoms with Crippen molar-refractivity contribution in [2.75, 3.05) is 6.61 Å². The van der Waals surface area contributed by atoms with Gasteiger partial charge in [0.25, 0.3) is 0 Å². The van der Waals surface area contributed by atoms with E-state index in [0.717, 1.165) is 0 Å². The highest BCUT2D eigenvalue weighted by Crippen LogP contribution is 2.21. The summed E-state index contributed by atoms with van der Waals surface area (Å²) in [6, 6.07) is 1.54. The Bertz CT molecular complexity index is 220. The summed E-state index contributed by atoms with van der Waals surface area (Å²) in [5.41, 5.74) is -1.89. The number of aliphatic hydroxyl groups is 1. The van der Waals surface area contributed by atoms with Crippen molar-refractivity contribution in [1.82, 2.24) is 0 Å². The Morgan fingerprint density at radius 2 is 2.64 bits per heavy atom. The van der Waals surface area contributed by atoms with Crippen molar-refractivity contribution in [1.29, 1.82) is 5.26 Å².